The fraction of sp³-hybridized carbons (Fsp3) is 0.286. The van der Waals surface area contributed by atoms with Gasteiger partial charge in [-0.2, -0.15) is 18.3 Å². The van der Waals surface area contributed by atoms with E-state index in [1.807, 2.05) is 6.92 Å². The van der Waals surface area contributed by atoms with Crippen LogP contribution >= 0.6 is 11.6 Å². The van der Waals surface area contributed by atoms with Crippen LogP contribution in [0.25, 0.3) is 0 Å². The SMILES string of the molecule is CCn1cc(Cl)c(C(=O)NCc2cccc(C(F)(F)F)c2)n1. The second kappa shape index (κ2) is 6.39. The third-order valence-electron chi connectivity index (χ3n) is 2.96. The lowest BCUT2D eigenvalue weighted by Crippen LogP contribution is -2.24. The summed E-state index contributed by atoms with van der Waals surface area (Å²) in [6, 6.07) is 4.77. The van der Waals surface area contributed by atoms with Crippen LogP contribution in [0.1, 0.15) is 28.5 Å². The van der Waals surface area contributed by atoms with Gasteiger partial charge < -0.3 is 5.32 Å². The Morgan fingerprint density at radius 1 is 1.41 bits per heavy atom. The zero-order chi connectivity index (χ0) is 16.3. The van der Waals surface area contributed by atoms with Crippen molar-refractivity contribution >= 4 is 17.5 Å². The van der Waals surface area contributed by atoms with Crippen LogP contribution in [0, 0.1) is 0 Å². The number of nitrogens with one attached hydrogen (secondary N) is 1. The monoisotopic (exact) mass is 331 g/mol. The molecule has 8 heteroatoms. The smallest absolute Gasteiger partial charge is 0.347 e. The standard InChI is InChI=1S/C14H13ClF3N3O/c1-2-21-8-11(15)12(20-21)13(22)19-7-9-4-3-5-10(6-9)14(16,17)18/h3-6,8H,2,7H2,1H3,(H,19,22). The van der Waals surface area contributed by atoms with E-state index in [0.29, 0.717) is 12.1 Å². The van der Waals surface area contributed by atoms with Crippen molar-refractivity contribution in [3.8, 4) is 0 Å². The summed E-state index contributed by atoms with van der Waals surface area (Å²) >= 11 is 5.89. The largest absolute Gasteiger partial charge is 0.416 e. The Bertz CT molecular complexity index is 682. The Morgan fingerprint density at radius 3 is 2.73 bits per heavy atom. The van der Waals surface area contributed by atoms with Crippen molar-refractivity contribution in [1.29, 1.82) is 0 Å². The van der Waals surface area contributed by atoms with Gasteiger partial charge in [-0.3, -0.25) is 9.48 Å². The minimum Gasteiger partial charge on any atom is -0.347 e. The van der Waals surface area contributed by atoms with Crippen LogP contribution < -0.4 is 5.32 Å². The molecule has 0 atom stereocenters. The van der Waals surface area contributed by atoms with Crippen molar-refractivity contribution in [2.45, 2.75) is 26.2 Å². The summed E-state index contributed by atoms with van der Waals surface area (Å²) in [5, 5.41) is 6.69. The van der Waals surface area contributed by atoms with Crippen LogP contribution in [0.5, 0.6) is 0 Å². The maximum atomic E-state index is 12.6. The normalized spacial score (nSPS) is 11.5. The minimum atomic E-state index is -4.41. The fourth-order valence-corrected chi connectivity index (χ4v) is 2.07. The van der Waals surface area contributed by atoms with Gasteiger partial charge in [0.05, 0.1) is 10.6 Å². The van der Waals surface area contributed by atoms with E-state index >= 15 is 0 Å². The Labute approximate surface area is 129 Å². The Morgan fingerprint density at radius 2 is 2.14 bits per heavy atom. The molecule has 1 N–H and O–H groups in total. The number of aromatic nitrogens is 2. The molecule has 1 amide bonds. The number of aryl methyl sites for hydroxylation is 1. The van der Waals surface area contributed by atoms with Crippen molar-refractivity contribution in [3.05, 3.63) is 52.3 Å². The maximum Gasteiger partial charge on any atom is 0.416 e. The number of alkyl halides is 3. The van der Waals surface area contributed by atoms with Gasteiger partial charge in [0, 0.05) is 19.3 Å². The highest BCUT2D eigenvalue weighted by Gasteiger charge is 2.30. The van der Waals surface area contributed by atoms with Crippen LogP contribution in [0.3, 0.4) is 0 Å². The third-order valence-corrected chi connectivity index (χ3v) is 3.24. The number of amides is 1. The molecule has 0 unspecified atom stereocenters. The van der Waals surface area contributed by atoms with Crippen LogP contribution in [-0.2, 0) is 19.3 Å². The molecule has 1 aromatic heterocycles. The molecule has 0 spiro atoms. The van der Waals surface area contributed by atoms with E-state index in [9.17, 15) is 18.0 Å². The predicted molar refractivity (Wildman–Crippen MR) is 75.5 cm³/mol. The van der Waals surface area contributed by atoms with Crippen LogP contribution in [0.15, 0.2) is 30.5 Å². The van der Waals surface area contributed by atoms with Crippen molar-refractivity contribution in [2.24, 2.45) is 0 Å². The van der Waals surface area contributed by atoms with Crippen molar-refractivity contribution in [2.75, 3.05) is 0 Å². The maximum absolute atomic E-state index is 12.6. The minimum absolute atomic E-state index is 0.0436. The number of carbonyl (C=O) groups is 1. The molecule has 0 saturated carbocycles. The van der Waals surface area contributed by atoms with Crippen LogP contribution in [0.4, 0.5) is 13.2 Å². The van der Waals surface area contributed by atoms with Crippen molar-refractivity contribution in [1.82, 2.24) is 15.1 Å². The van der Waals surface area contributed by atoms with E-state index in [2.05, 4.69) is 10.4 Å². The van der Waals surface area contributed by atoms with Gasteiger partial charge in [0.2, 0.25) is 0 Å². The van der Waals surface area contributed by atoms with E-state index in [1.54, 1.807) is 0 Å². The number of nitrogens with zero attached hydrogens (tertiary/aromatic N) is 2. The summed E-state index contributed by atoms with van der Waals surface area (Å²) < 4.78 is 39.3. The van der Waals surface area contributed by atoms with E-state index in [1.165, 1.54) is 23.0 Å². The molecule has 0 aliphatic heterocycles. The molecule has 1 heterocycles. The van der Waals surface area contributed by atoms with Gasteiger partial charge in [-0.25, -0.2) is 0 Å². The van der Waals surface area contributed by atoms with Gasteiger partial charge in [-0.05, 0) is 24.6 Å². The second-order valence-electron chi connectivity index (χ2n) is 4.56. The lowest BCUT2D eigenvalue weighted by Gasteiger charge is -2.09. The lowest BCUT2D eigenvalue weighted by molar-refractivity contribution is -0.137. The average Bonchev–Trinajstić information content (AvgIpc) is 2.85. The summed E-state index contributed by atoms with van der Waals surface area (Å²) in [6.45, 7) is 2.35. The number of benzene rings is 1. The molecule has 0 aliphatic rings. The molecule has 0 aliphatic carbocycles. The second-order valence-corrected chi connectivity index (χ2v) is 4.97. The molecule has 0 fully saturated rings. The number of rotatable bonds is 4. The summed E-state index contributed by atoms with van der Waals surface area (Å²) in [6.07, 6.45) is -2.90. The molecule has 2 rings (SSSR count). The quantitative estimate of drug-likeness (QED) is 0.932. The van der Waals surface area contributed by atoms with Gasteiger partial charge >= 0.3 is 6.18 Å². The van der Waals surface area contributed by atoms with Crippen molar-refractivity contribution < 1.29 is 18.0 Å². The molecule has 118 valence electrons. The zero-order valence-electron chi connectivity index (χ0n) is 11.6. The van der Waals surface area contributed by atoms with Crippen LogP contribution in [0.2, 0.25) is 5.02 Å². The first kappa shape index (κ1) is 16.4. The molecule has 0 bridgehead atoms. The molecule has 1 aromatic carbocycles. The highest BCUT2D eigenvalue weighted by molar-refractivity contribution is 6.33. The molecule has 0 saturated heterocycles. The zero-order valence-corrected chi connectivity index (χ0v) is 12.4. The Hall–Kier alpha value is -2.02. The first-order valence-corrected chi connectivity index (χ1v) is 6.86. The first-order chi connectivity index (χ1) is 10.3. The number of hydrogen-bond acceptors (Lipinski definition) is 2. The van der Waals surface area contributed by atoms with Gasteiger partial charge in [0.1, 0.15) is 0 Å². The molecular weight excluding hydrogens is 319 g/mol. The van der Waals surface area contributed by atoms with E-state index in [4.69, 9.17) is 11.6 Å². The fourth-order valence-electron chi connectivity index (χ4n) is 1.84. The van der Waals surface area contributed by atoms with E-state index < -0.39 is 17.6 Å². The Kier molecular flexibility index (Phi) is 4.75. The number of halogens is 4. The van der Waals surface area contributed by atoms with Crippen LogP contribution in [-0.4, -0.2) is 15.7 Å². The lowest BCUT2D eigenvalue weighted by atomic mass is 10.1. The molecule has 2 aromatic rings. The molecule has 4 nitrogen and oxygen atoms in total. The molecule has 0 radical (unpaired) electrons. The highest BCUT2D eigenvalue weighted by Crippen LogP contribution is 2.29. The van der Waals surface area contributed by atoms with Crippen molar-refractivity contribution in [3.63, 3.8) is 0 Å². The molecular formula is C14H13ClF3N3O. The predicted octanol–water partition coefficient (Wildman–Crippen LogP) is 3.51. The summed E-state index contributed by atoms with van der Waals surface area (Å²) in [5.41, 5.74) is -0.364. The molecule has 22 heavy (non-hydrogen) atoms. The van der Waals surface area contributed by atoms with Gasteiger partial charge in [0.25, 0.3) is 5.91 Å². The van der Waals surface area contributed by atoms with E-state index in [0.717, 1.165) is 12.1 Å². The average molecular weight is 332 g/mol. The third kappa shape index (κ3) is 3.79. The Balaban J connectivity index is 2.06. The van der Waals surface area contributed by atoms with Gasteiger partial charge in [-0.15, -0.1) is 0 Å². The number of hydrogen-bond donors (Lipinski definition) is 1. The summed E-state index contributed by atoms with van der Waals surface area (Å²) in [4.78, 5) is 12.0. The van der Waals surface area contributed by atoms with Gasteiger partial charge in [-0.1, -0.05) is 23.7 Å². The summed E-state index contributed by atoms with van der Waals surface area (Å²) in [7, 11) is 0. The highest BCUT2D eigenvalue weighted by atomic mass is 35.5. The number of carbonyl (C=O) groups excluding carboxylic acids is 1. The van der Waals surface area contributed by atoms with Gasteiger partial charge in [0.15, 0.2) is 5.69 Å². The first-order valence-electron chi connectivity index (χ1n) is 6.48. The van der Waals surface area contributed by atoms with E-state index in [-0.39, 0.29) is 17.3 Å². The topological polar surface area (TPSA) is 46.9 Å². The summed E-state index contributed by atoms with van der Waals surface area (Å²) in [5.74, 6) is -0.533.